The van der Waals surface area contributed by atoms with Crippen molar-refractivity contribution in [1.82, 2.24) is 9.78 Å². The Morgan fingerprint density at radius 3 is 2.85 bits per heavy atom. The molecule has 0 amide bonds. The first kappa shape index (κ1) is 8.56. The van der Waals surface area contributed by atoms with Gasteiger partial charge in [0.25, 0.3) is 0 Å². The number of aromatic nitrogens is 2. The highest BCUT2D eigenvalue weighted by molar-refractivity contribution is 6.30. The van der Waals surface area contributed by atoms with Crippen LogP contribution >= 0.6 is 11.6 Å². The third-order valence-electron chi connectivity index (χ3n) is 2.46. The molecule has 1 fully saturated rings. The van der Waals surface area contributed by atoms with Gasteiger partial charge in [-0.05, 0) is 12.8 Å². The van der Waals surface area contributed by atoms with E-state index >= 15 is 0 Å². The molecule has 0 radical (unpaired) electrons. The van der Waals surface area contributed by atoms with E-state index in [-0.39, 0.29) is 12.0 Å². The molecule has 2 rings (SSSR count). The number of carboxylic acid groups (broad SMARTS) is 1. The van der Waals surface area contributed by atoms with E-state index in [1.807, 2.05) is 0 Å². The zero-order valence-corrected chi connectivity index (χ0v) is 7.61. The number of aliphatic carboxylic acids is 1. The van der Waals surface area contributed by atoms with Crippen molar-refractivity contribution in [3.05, 3.63) is 17.4 Å². The van der Waals surface area contributed by atoms with Gasteiger partial charge >= 0.3 is 5.97 Å². The van der Waals surface area contributed by atoms with Gasteiger partial charge in [-0.15, -0.1) is 0 Å². The van der Waals surface area contributed by atoms with E-state index in [0.717, 1.165) is 12.8 Å². The quantitative estimate of drug-likeness (QED) is 0.789. The van der Waals surface area contributed by atoms with Crippen molar-refractivity contribution in [2.45, 2.75) is 18.9 Å². The van der Waals surface area contributed by atoms with E-state index in [9.17, 15) is 4.79 Å². The normalized spacial score (nSPS) is 26.8. The molecule has 0 saturated heterocycles. The molecule has 1 aromatic heterocycles. The molecule has 1 saturated carbocycles. The molecule has 13 heavy (non-hydrogen) atoms. The maximum atomic E-state index is 10.7. The van der Waals surface area contributed by atoms with Gasteiger partial charge in [0.1, 0.15) is 0 Å². The summed E-state index contributed by atoms with van der Waals surface area (Å²) in [6, 6.07) is -0.00926. The standard InChI is InChI=1S/C8H9ClN2O2/c9-5-3-10-11(4-5)7-2-1-6(7)8(12)13/h3-4,6-7H,1-2H2,(H,12,13). The largest absolute Gasteiger partial charge is 0.481 e. The molecular formula is C8H9ClN2O2. The Kier molecular flexibility index (Phi) is 2.00. The summed E-state index contributed by atoms with van der Waals surface area (Å²) in [6.07, 6.45) is 4.80. The molecule has 2 unspecified atom stereocenters. The van der Waals surface area contributed by atoms with Gasteiger partial charge in [0.05, 0.1) is 23.2 Å². The fraction of sp³-hybridized carbons (Fsp3) is 0.500. The van der Waals surface area contributed by atoms with Gasteiger partial charge < -0.3 is 5.11 Å². The second-order valence-electron chi connectivity index (χ2n) is 3.23. The minimum atomic E-state index is -0.747. The van der Waals surface area contributed by atoms with Gasteiger partial charge in [-0.3, -0.25) is 9.48 Å². The van der Waals surface area contributed by atoms with Crippen molar-refractivity contribution in [3.8, 4) is 0 Å². The molecule has 0 bridgehead atoms. The molecule has 1 aliphatic rings. The van der Waals surface area contributed by atoms with E-state index in [2.05, 4.69) is 5.10 Å². The summed E-state index contributed by atoms with van der Waals surface area (Å²) in [5.41, 5.74) is 0. The van der Waals surface area contributed by atoms with Gasteiger partial charge in [0.15, 0.2) is 0 Å². The summed E-state index contributed by atoms with van der Waals surface area (Å²) in [5.74, 6) is -1.04. The van der Waals surface area contributed by atoms with Crippen LogP contribution in [0.15, 0.2) is 12.4 Å². The van der Waals surface area contributed by atoms with Crippen LogP contribution in [0.25, 0.3) is 0 Å². The Bertz CT molecular complexity index is 337. The highest BCUT2D eigenvalue weighted by Crippen LogP contribution is 2.38. The number of carboxylic acids is 1. The fourth-order valence-electron chi connectivity index (χ4n) is 1.58. The average molecular weight is 201 g/mol. The highest BCUT2D eigenvalue weighted by Gasteiger charge is 2.38. The SMILES string of the molecule is O=C(O)C1CCC1n1cc(Cl)cn1. The third-order valence-corrected chi connectivity index (χ3v) is 2.66. The lowest BCUT2D eigenvalue weighted by Crippen LogP contribution is -2.35. The molecule has 4 nitrogen and oxygen atoms in total. The molecule has 5 heteroatoms. The number of hydrogen-bond donors (Lipinski definition) is 1. The molecule has 2 atom stereocenters. The van der Waals surface area contributed by atoms with Crippen LogP contribution in [0.5, 0.6) is 0 Å². The summed E-state index contributed by atoms with van der Waals surface area (Å²) in [7, 11) is 0. The molecule has 0 spiro atoms. The fourth-order valence-corrected chi connectivity index (χ4v) is 1.73. The molecule has 1 aliphatic carbocycles. The first-order valence-corrected chi connectivity index (χ1v) is 4.49. The van der Waals surface area contributed by atoms with Crippen LogP contribution in [0, 0.1) is 5.92 Å². The van der Waals surface area contributed by atoms with Gasteiger partial charge in [0, 0.05) is 6.20 Å². The summed E-state index contributed by atoms with van der Waals surface area (Å²) < 4.78 is 1.64. The Morgan fingerprint density at radius 1 is 1.69 bits per heavy atom. The minimum absolute atomic E-state index is 0.00926. The summed E-state index contributed by atoms with van der Waals surface area (Å²) in [6.45, 7) is 0. The lowest BCUT2D eigenvalue weighted by molar-refractivity contribution is -0.147. The van der Waals surface area contributed by atoms with Crippen LogP contribution in [-0.4, -0.2) is 20.9 Å². The Morgan fingerprint density at radius 2 is 2.46 bits per heavy atom. The van der Waals surface area contributed by atoms with E-state index < -0.39 is 5.97 Å². The number of halogens is 1. The number of rotatable bonds is 2. The molecule has 0 aliphatic heterocycles. The van der Waals surface area contributed by atoms with E-state index in [4.69, 9.17) is 16.7 Å². The Labute approximate surface area is 80.1 Å². The topological polar surface area (TPSA) is 55.1 Å². The average Bonchev–Trinajstić information content (AvgIpc) is 2.32. The van der Waals surface area contributed by atoms with Gasteiger partial charge in [-0.1, -0.05) is 11.6 Å². The first-order valence-electron chi connectivity index (χ1n) is 4.11. The number of hydrogen-bond acceptors (Lipinski definition) is 2. The summed E-state index contributed by atoms with van der Waals surface area (Å²) in [5, 5.41) is 13.3. The zero-order chi connectivity index (χ0) is 9.42. The second-order valence-corrected chi connectivity index (χ2v) is 3.66. The smallest absolute Gasteiger partial charge is 0.308 e. The van der Waals surface area contributed by atoms with Crippen molar-refractivity contribution < 1.29 is 9.90 Å². The molecule has 70 valence electrons. The van der Waals surface area contributed by atoms with Gasteiger partial charge in [-0.25, -0.2) is 0 Å². The lowest BCUT2D eigenvalue weighted by atomic mass is 9.80. The monoisotopic (exact) mass is 200 g/mol. The minimum Gasteiger partial charge on any atom is -0.481 e. The van der Waals surface area contributed by atoms with Crippen LogP contribution in [0.2, 0.25) is 5.02 Å². The van der Waals surface area contributed by atoms with Gasteiger partial charge in [-0.2, -0.15) is 5.10 Å². The highest BCUT2D eigenvalue weighted by atomic mass is 35.5. The zero-order valence-electron chi connectivity index (χ0n) is 6.85. The maximum Gasteiger partial charge on any atom is 0.308 e. The molecule has 1 heterocycles. The molecular weight excluding hydrogens is 192 g/mol. The molecule has 0 aromatic carbocycles. The van der Waals surface area contributed by atoms with E-state index in [1.165, 1.54) is 6.20 Å². The van der Waals surface area contributed by atoms with Crippen molar-refractivity contribution in [2.24, 2.45) is 5.92 Å². The number of nitrogens with zero attached hydrogens (tertiary/aromatic N) is 2. The van der Waals surface area contributed by atoms with Crippen LogP contribution in [-0.2, 0) is 4.79 Å². The van der Waals surface area contributed by atoms with Crippen LogP contribution in [0.3, 0.4) is 0 Å². The van der Waals surface area contributed by atoms with Crippen molar-refractivity contribution in [3.63, 3.8) is 0 Å². The number of carbonyl (C=O) groups is 1. The molecule has 1 N–H and O–H groups in total. The van der Waals surface area contributed by atoms with E-state index in [1.54, 1.807) is 10.9 Å². The lowest BCUT2D eigenvalue weighted by Gasteiger charge is -2.33. The first-order chi connectivity index (χ1) is 6.18. The predicted octanol–water partition coefficient (Wildman–Crippen LogP) is 1.57. The Hall–Kier alpha value is -1.03. The maximum absolute atomic E-state index is 10.7. The second kappa shape index (κ2) is 3.03. The van der Waals surface area contributed by atoms with E-state index in [0.29, 0.717) is 5.02 Å². The van der Waals surface area contributed by atoms with Crippen molar-refractivity contribution in [2.75, 3.05) is 0 Å². The summed E-state index contributed by atoms with van der Waals surface area (Å²) in [4.78, 5) is 10.7. The predicted molar refractivity (Wildman–Crippen MR) is 46.6 cm³/mol. The van der Waals surface area contributed by atoms with Crippen LogP contribution in [0.4, 0.5) is 0 Å². The van der Waals surface area contributed by atoms with Crippen molar-refractivity contribution in [1.29, 1.82) is 0 Å². The van der Waals surface area contributed by atoms with Crippen molar-refractivity contribution >= 4 is 17.6 Å². The van der Waals surface area contributed by atoms with Gasteiger partial charge in [0.2, 0.25) is 0 Å². The summed E-state index contributed by atoms with van der Waals surface area (Å²) >= 11 is 5.68. The molecule has 1 aromatic rings. The Balaban J connectivity index is 2.14. The third kappa shape index (κ3) is 1.42. The van der Waals surface area contributed by atoms with Crippen LogP contribution in [0.1, 0.15) is 18.9 Å². The van der Waals surface area contributed by atoms with Crippen LogP contribution < -0.4 is 0 Å².